The van der Waals surface area contributed by atoms with Crippen LogP contribution >= 0.6 is 11.3 Å². The number of rotatable bonds is 8. The van der Waals surface area contributed by atoms with E-state index in [1.165, 1.54) is 23.0 Å². The van der Waals surface area contributed by atoms with Crippen LogP contribution in [-0.2, 0) is 6.54 Å². The van der Waals surface area contributed by atoms with E-state index in [4.69, 9.17) is 10.5 Å². The lowest BCUT2D eigenvalue weighted by Gasteiger charge is -2.12. The number of pyridine rings is 1. The number of para-hydroxylation sites is 1. The number of halogens is 1. The molecule has 0 spiro atoms. The Labute approximate surface area is 226 Å². The second-order valence-corrected chi connectivity index (χ2v) is 9.79. The molecule has 2 amide bonds. The van der Waals surface area contributed by atoms with Crippen LogP contribution in [0.3, 0.4) is 0 Å². The van der Waals surface area contributed by atoms with Crippen LogP contribution < -0.4 is 21.3 Å². The Balaban J connectivity index is 1.42. The number of ether oxygens (including phenoxy) is 1. The van der Waals surface area contributed by atoms with Gasteiger partial charge < -0.3 is 15.8 Å². The fourth-order valence-electron chi connectivity index (χ4n) is 4.31. The molecule has 0 fully saturated rings. The number of nitrogens with two attached hydrogens (primary N) is 1. The molecule has 0 bridgehead atoms. The van der Waals surface area contributed by atoms with Crippen molar-refractivity contribution >= 4 is 39.1 Å². The Bertz CT molecular complexity index is 1770. The van der Waals surface area contributed by atoms with Gasteiger partial charge in [-0.25, -0.2) is 9.07 Å². The molecule has 9 nitrogen and oxygen atoms in total. The zero-order chi connectivity index (χ0) is 27.7. The summed E-state index contributed by atoms with van der Waals surface area (Å²) in [6.45, 7) is 4.24. The Morgan fingerprint density at radius 3 is 2.56 bits per heavy atom. The van der Waals surface area contributed by atoms with Gasteiger partial charge in [-0.3, -0.25) is 24.0 Å². The van der Waals surface area contributed by atoms with E-state index in [0.29, 0.717) is 38.8 Å². The monoisotopic (exact) mass is 545 g/mol. The van der Waals surface area contributed by atoms with Crippen LogP contribution in [0.4, 0.5) is 10.1 Å². The average molecular weight is 546 g/mol. The summed E-state index contributed by atoms with van der Waals surface area (Å²) < 4.78 is 24.6. The van der Waals surface area contributed by atoms with Gasteiger partial charge in [-0.05, 0) is 43.7 Å². The molecule has 0 saturated heterocycles. The van der Waals surface area contributed by atoms with E-state index in [1.54, 1.807) is 35.9 Å². The van der Waals surface area contributed by atoms with Crippen LogP contribution in [0.25, 0.3) is 15.9 Å². The van der Waals surface area contributed by atoms with Crippen LogP contribution in [0, 0.1) is 12.7 Å². The highest BCUT2D eigenvalue weighted by molar-refractivity contribution is 7.21. The lowest BCUT2D eigenvalue weighted by Crippen LogP contribution is -2.25. The van der Waals surface area contributed by atoms with Gasteiger partial charge in [0.2, 0.25) is 0 Å². The third-order valence-corrected chi connectivity index (χ3v) is 7.24. The van der Waals surface area contributed by atoms with Gasteiger partial charge in [0.05, 0.1) is 26.5 Å². The van der Waals surface area contributed by atoms with Gasteiger partial charge in [0.15, 0.2) is 11.6 Å². The van der Waals surface area contributed by atoms with E-state index in [1.807, 2.05) is 25.1 Å². The number of hydrogen-bond acceptors (Lipinski definition) is 6. The molecule has 0 unspecified atom stereocenters. The molecule has 3 aromatic heterocycles. The maximum absolute atomic E-state index is 15.0. The summed E-state index contributed by atoms with van der Waals surface area (Å²) in [6, 6.07) is 16.1. The van der Waals surface area contributed by atoms with Crippen molar-refractivity contribution in [3.05, 3.63) is 99.2 Å². The van der Waals surface area contributed by atoms with Gasteiger partial charge in [-0.1, -0.05) is 25.1 Å². The number of anilines is 1. The lowest BCUT2D eigenvalue weighted by atomic mass is 10.2. The molecule has 3 heterocycles. The fourth-order valence-corrected chi connectivity index (χ4v) is 5.22. The smallest absolute Gasteiger partial charge is 0.284 e. The lowest BCUT2D eigenvalue weighted by molar-refractivity contribution is 0.100. The van der Waals surface area contributed by atoms with Crippen molar-refractivity contribution in [3.63, 3.8) is 0 Å². The number of thiophene rings is 1. The van der Waals surface area contributed by atoms with E-state index >= 15 is 4.39 Å². The second-order valence-electron chi connectivity index (χ2n) is 8.74. The number of hydrogen-bond donors (Lipinski definition) is 2. The average Bonchev–Trinajstić information content (AvgIpc) is 3.46. The zero-order valence-corrected chi connectivity index (χ0v) is 21.9. The van der Waals surface area contributed by atoms with E-state index < -0.39 is 23.2 Å². The Hall–Kier alpha value is -4.77. The Kier molecular flexibility index (Phi) is 6.99. The van der Waals surface area contributed by atoms with Crippen molar-refractivity contribution < 1.29 is 18.7 Å². The molecule has 0 aliphatic heterocycles. The maximum atomic E-state index is 15.0. The first kappa shape index (κ1) is 25.9. The van der Waals surface area contributed by atoms with Crippen molar-refractivity contribution in [1.82, 2.24) is 14.3 Å². The number of amides is 2. The highest BCUT2D eigenvalue weighted by atomic mass is 32.1. The first-order valence-corrected chi connectivity index (χ1v) is 12.9. The van der Waals surface area contributed by atoms with E-state index in [-0.39, 0.29) is 17.0 Å². The molecule has 0 atom stereocenters. The van der Waals surface area contributed by atoms with Gasteiger partial charge >= 0.3 is 0 Å². The number of fused-ring (bicyclic) bond motifs is 1. The molecule has 5 rings (SSSR count). The summed E-state index contributed by atoms with van der Waals surface area (Å²) in [5, 5.41) is 2.63. The minimum Gasteiger partial charge on any atom is -0.453 e. The maximum Gasteiger partial charge on any atom is 0.284 e. The van der Waals surface area contributed by atoms with Gasteiger partial charge in [-0.2, -0.15) is 0 Å². The first-order valence-electron chi connectivity index (χ1n) is 12.1. The summed E-state index contributed by atoms with van der Waals surface area (Å²) in [5.74, 6) is -1.75. The number of carbonyl (C=O) groups is 2. The normalized spacial score (nSPS) is 11.1. The summed E-state index contributed by atoms with van der Waals surface area (Å²) in [4.78, 5) is 42.6. The van der Waals surface area contributed by atoms with Crippen molar-refractivity contribution in [3.8, 4) is 17.2 Å². The topological polar surface area (TPSA) is 121 Å². The van der Waals surface area contributed by atoms with Crippen LogP contribution in [0.5, 0.6) is 11.5 Å². The molecular weight excluding hydrogens is 521 g/mol. The molecule has 0 radical (unpaired) electrons. The predicted molar refractivity (Wildman–Crippen MR) is 148 cm³/mol. The highest BCUT2D eigenvalue weighted by Crippen LogP contribution is 2.36. The third-order valence-electron chi connectivity index (χ3n) is 6.09. The highest BCUT2D eigenvalue weighted by Gasteiger charge is 2.24. The molecule has 2 aromatic carbocycles. The minimum atomic E-state index is -0.730. The summed E-state index contributed by atoms with van der Waals surface area (Å²) >= 11 is 1.10. The molecule has 11 heteroatoms. The second kappa shape index (κ2) is 10.5. The summed E-state index contributed by atoms with van der Waals surface area (Å²) in [5.41, 5.74) is 6.70. The molecular formula is C28H24FN5O4S. The fraction of sp³-hybridized carbons (Fsp3) is 0.143. The van der Waals surface area contributed by atoms with E-state index in [9.17, 15) is 14.4 Å². The van der Waals surface area contributed by atoms with Crippen molar-refractivity contribution in [1.29, 1.82) is 0 Å². The molecule has 0 aliphatic rings. The molecule has 0 aliphatic carbocycles. The molecule has 198 valence electrons. The third kappa shape index (κ3) is 4.91. The van der Waals surface area contributed by atoms with Crippen LogP contribution in [0.2, 0.25) is 0 Å². The SMILES string of the molecule is CCCn1c(C)c(C(=O)Nc2ccc(Oc3ccnc4cc(C(N)=O)sc34)c(F)c2)c(=O)n1-c1ccccc1. The standard InChI is InChI=1S/C28H24FN5O4S/c1-3-13-33-16(2)24(28(37)34(33)18-7-5-4-6-8-18)27(36)32-17-9-10-21(19(29)14-17)38-22-11-12-31-20-15-23(26(30)35)39-25(20)22/h4-12,14-15H,3,13H2,1-2H3,(H2,30,35)(H,32,36). The number of nitrogens with zero attached hydrogens (tertiary/aromatic N) is 3. The first-order chi connectivity index (χ1) is 18.8. The largest absolute Gasteiger partial charge is 0.453 e. The molecule has 39 heavy (non-hydrogen) atoms. The van der Waals surface area contributed by atoms with Gasteiger partial charge in [0.25, 0.3) is 17.4 Å². The molecule has 3 N–H and O–H groups in total. The van der Waals surface area contributed by atoms with Crippen molar-refractivity contribution in [2.24, 2.45) is 5.73 Å². The Morgan fingerprint density at radius 2 is 1.87 bits per heavy atom. The van der Waals surface area contributed by atoms with Crippen molar-refractivity contribution in [2.75, 3.05) is 5.32 Å². The number of benzene rings is 2. The zero-order valence-electron chi connectivity index (χ0n) is 21.1. The summed E-state index contributed by atoms with van der Waals surface area (Å²) in [7, 11) is 0. The predicted octanol–water partition coefficient (Wildman–Crippen LogP) is 5.25. The molecule has 5 aromatic rings. The number of nitrogens with one attached hydrogen (secondary N) is 1. The van der Waals surface area contributed by atoms with E-state index in [2.05, 4.69) is 10.3 Å². The van der Waals surface area contributed by atoms with Crippen molar-refractivity contribution in [2.45, 2.75) is 26.8 Å². The Morgan fingerprint density at radius 1 is 1.10 bits per heavy atom. The number of primary amides is 1. The van der Waals surface area contributed by atoms with E-state index in [0.717, 1.165) is 23.8 Å². The van der Waals surface area contributed by atoms with Gasteiger partial charge in [0.1, 0.15) is 11.3 Å². The van der Waals surface area contributed by atoms with Crippen LogP contribution in [0.1, 0.15) is 39.1 Å². The minimum absolute atomic E-state index is 0.0184. The van der Waals surface area contributed by atoms with Crippen LogP contribution in [0.15, 0.2) is 71.7 Å². The van der Waals surface area contributed by atoms with Gasteiger partial charge in [0, 0.05) is 30.6 Å². The quantitative estimate of drug-likeness (QED) is 0.276. The van der Waals surface area contributed by atoms with Gasteiger partial charge in [-0.15, -0.1) is 11.3 Å². The number of carbonyl (C=O) groups excluding carboxylic acids is 2. The van der Waals surface area contributed by atoms with Crippen LogP contribution in [-0.4, -0.2) is 26.2 Å². The number of aromatic nitrogens is 3. The molecule has 0 saturated carbocycles. The summed E-state index contributed by atoms with van der Waals surface area (Å²) in [6.07, 6.45) is 2.24.